The van der Waals surface area contributed by atoms with Gasteiger partial charge in [0, 0.05) is 76.2 Å². The lowest BCUT2D eigenvalue weighted by Crippen LogP contribution is -2.56. The maximum Gasteiger partial charge on any atom is 0.336 e. The number of hydrogen-bond donors (Lipinski definition) is 1. The van der Waals surface area contributed by atoms with E-state index in [0.717, 1.165) is 19.6 Å². The van der Waals surface area contributed by atoms with Gasteiger partial charge in [0.05, 0.1) is 54.3 Å². The van der Waals surface area contributed by atoms with Gasteiger partial charge in [0.25, 0.3) is 0 Å². The van der Waals surface area contributed by atoms with E-state index in [2.05, 4.69) is 22.0 Å². The number of piperazine rings is 1. The second-order valence-electron chi connectivity index (χ2n) is 13.2. The quantitative estimate of drug-likeness (QED) is 0.341. The summed E-state index contributed by atoms with van der Waals surface area (Å²) in [6.45, 7) is 6.05. The van der Waals surface area contributed by atoms with Gasteiger partial charge in [-0.05, 0) is 56.5 Å². The van der Waals surface area contributed by atoms with Gasteiger partial charge in [-0.15, -0.1) is 0 Å². The number of nitrogens with zero attached hydrogens (tertiary/aromatic N) is 3. The maximum absolute atomic E-state index is 14.1. The Morgan fingerprint density at radius 1 is 0.820 bits per heavy atom. The van der Waals surface area contributed by atoms with Gasteiger partial charge >= 0.3 is 11.9 Å². The number of fused-ring (bicyclic) bond motifs is 2. The highest BCUT2D eigenvalue weighted by Gasteiger charge is 2.44. The maximum atomic E-state index is 14.1. The molecule has 13 heteroatoms. The molecule has 10 nitrogen and oxygen atoms in total. The van der Waals surface area contributed by atoms with Crippen molar-refractivity contribution in [2.24, 2.45) is 0 Å². The Bertz CT molecular complexity index is 1680. The summed E-state index contributed by atoms with van der Waals surface area (Å²) in [7, 11) is 0.856. The molecule has 0 spiro atoms. The van der Waals surface area contributed by atoms with Gasteiger partial charge in [-0.25, -0.2) is 9.59 Å². The number of rotatable bonds is 10. The van der Waals surface area contributed by atoms with Crippen molar-refractivity contribution in [2.45, 2.75) is 68.0 Å². The average molecular weight is 744 g/mol. The van der Waals surface area contributed by atoms with E-state index in [4.69, 9.17) is 32.7 Å². The highest BCUT2D eigenvalue weighted by Crippen LogP contribution is 2.46. The van der Waals surface area contributed by atoms with Gasteiger partial charge < -0.3 is 19.7 Å². The number of carbonyl (C=O) groups is 3. The van der Waals surface area contributed by atoms with Crippen molar-refractivity contribution in [2.75, 3.05) is 52.7 Å². The molecule has 2 aromatic carbocycles. The first-order chi connectivity index (χ1) is 24.1. The van der Waals surface area contributed by atoms with Crippen LogP contribution >= 0.6 is 23.2 Å². The lowest BCUT2D eigenvalue weighted by Gasteiger charge is -2.45. The van der Waals surface area contributed by atoms with E-state index in [9.17, 15) is 18.6 Å². The van der Waals surface area contributed by atoms with Crippen molar-refractivity contribution in [1.82, 2.24) is 20.0 Å². The van der Waals surface area contributed by atoms with Crippen LogP contribution in [0, 0.1) is 0 Å². The number of piperidine rings is 1. The third kappa shape index (κ3) is 7.39. The topological polar surface area (TPSA) is 108 Å². The van der Waals surface area contributed by atoms with Crippen LogP contribution < -0.4 is 5.32 Å². The van der Waals surface area contributed by atoms with Crippen molar-refractivity contribution in [3.8, 4) is 0 Å². The zero-order valence-corrected chi connectivity index (χ0v) is 31.0. The minimum absolute atomic E-state index is 0.0140. The van der Waals surface area contributed by atoms with E-state index in [0.29, 0.717) is 36.1 Å². The summed E-state index contributed by atoms with van der Waals surface area (Å²) in [5.41, 5.74) is 0.792. The molecule has 0 aromatic heterocycles. The number of ether oxygens (including phenoxy) is 2. The Hall–Kier alpha value is -3.22. The number of methoxy groups -OCH3 is 2. The molecule has 4 aliphatic rings. The predicted octanol–water partition coefficient (Wildman–Crippen LogP) is 4.89. The molecular weight excluding hydrogens is 699 g/mol. The van der Waals surface area contributed by atoms with Gasteiger partial charge in [-0.2, -0.15) is 0 Å². The van der Waals surface area contributed by atoms with E-state index < -0.39 is 28.7 Å². The fourth-order valence-electron chi connectivity index (χ4n) is 8.29. The molecule has 0 aliphatic carbocycles. The largest absolute Gasteiger partial charge is 0.466 e. The van der Waals surface area contributed by atoms with Gasteiger partial charge in [0.1, 0.15) is 0 Å². The van der Waals surface area contributed by atoms with Crippen LogP contribution in [0.15, 0.2) is 76.0 Å². The molecule has 2 bridgehead atoms. The number of benzene rings is 2. The Kier molecular flexibility index (Phi) is 11.7. The van der Waals surface area contributed by atoms with E-state index in [1.54, 1.807) is 42.5 Å². The van der Waals surface area contributed by atoms with Crippen LogP contribution in [0.25, 0.3) is 0 Å². The minimum atomic E-state index is -1.61. The summed E-state index contributed by atoms with van der Waals surface area (Å²) < 4.78 is 24.2. The molecule has 4 atom stereocenters. The third-order valence-electron chi connectivity index (χ3n) is 10.6. The first kappa shape index (κ1) is 36.6. The third-order valence-corrected chi connectivity index (χ3v) is 12.7. The highest BCUT2D eigenvalue weighted by atomic mass is 35.5. The summed E-state index contributed by atoms with van der Waals surface area (Å²) in [5.74, 6) is -2.99. The van der Waals surface area contributed by atoms with Gasteiger partial charge in [-0.1, -0.05) is 54.4 Å². The number of halogens is 2. The smallest absolute Gasteiger partial charge is 0.336 e. The molecule has 0 radical (unpaired) electrons. The second-order valence-corrected chi connectivity index (χ2v) is 15.5. The molecule has 3 unspecified atom stereocenters. The van der Waals surface area contributed by atoms with Crippen LogP contribution in [-0.2, 0) is 34.7 Å². The van der Waals surface area contributed by atoms with E-state index in [1.807, 2.05) is 11.0 Å². The molecule has 2 aromatic rings. The van der Waals surface area contributed by atoms with Gasteiger partial charge in [0.15, 0.2) is 0 Å². The van der Waals surface area contributed by atoms with Crippen LogP contribution in [0.4, 0.5) is 0 Å². The Morgan fingerprint density at radius 2 is 1.40 bits per heavy atom. The van der Waals surface area contributed by atoms with Crippen LogP contribution in [0.3, 0.4) is 0 Å². The molecule has 0 saturated carbocycles. The molecule has 3 fully saturated rings. The molecular formula is C37H44Cl2N4O6S. The van der Waals surface area contributed by atoms with Crippen molar-refractivity contribution >= 4 is 51.8 Å². The molecule has 4 heterocycles. The molecule has 50 heavy (non-hydrogen) atoms. The van der Waals surface area contributed by atoms with Crippen LogP contribution in [0.1, 0.15) is 50.5 Å². The van der Waals surface area contributed by atoms with E-state index in [-0.39, 0.29) is 56.2 Å². The number of amides is 1. The Balaban J connectivity index is 1.31. The fraction of sp³-hybridized carbons (Fsp3) is 0.486. The summed E-state index contributed by atoms with van der Waals surface area (Å²) >= 11 is 13.5. The normalized spacial score (nSPS) is 24.9. The molecule has 1 amide bonds. The van der Waals surface area contributed by atoms with E-state index >= 15 is 0 Å². The number of hydrogen-bond acceptors (Lipinski definition) is 9. The zero-order chi connectivity index (χ0) is 35.5. The molecule has 6 rings (SSSR count). The Labute approximate surface area is 306 Å². The highest BCUT2D eigenvalue weighted by molar-refractivity contribution is 7.85. The molecule has 4 aliphatic heterocycles. The van der Waals surface area contributed by atoms with Crippen LogP contribution in [-0.4, -0.2) is 108 Å². The first-order valence-electron chi connectivity index (χ1n) is 17.2. The van der Waals surface area contributed by atoms with Gasteiger partial charge in [0.2, 0.25) is 5.91 Å². The summed E-state index contributed by atoms with van der Waals surface area (Å²) in [6, 6.07) is 15.5. The predicted molar refractivity (Wildman–Crippen MR) is 193 cm³/mol. The second kappa shape index (κ2) is 16.0. The number of dihydropyridines is 1. The van der Waals surface area contributed by atoms with Crippen molar-refractivity contribution < 1.29 is 28.1 Å². The average Bonchev–Trinajstić information content (AvgIpc) is 3.38. The monoisotopic (exact) mass is 742 g/mol. The lowest BCUT2D eigenvalue weighted by atomic mass is 9.79. The molecule has 1 N–H and O–H groups in total. The van der Waals surface area contributed by atoms with Crippen molar-refractivity contribution in [3.63, 3.8) is 0 Å². The van der Waals surface area contributed by atoms with Crippen LogP contribution in [0.5, 0.6) is 0 Å². The SMILES string of the molecule is CCN1C2CCC1CC(N1CCN(C(=O)CC3=C(C(=O)OC)[C@H](c4c(Cl)cccc4Cl)C(C(=O)OC)=C(CS(=O)c4ccccc4)N3)CC1)C2. The van der Waals surface area contributed by atoms with Gasteiger partial charge in [-0.3, -0.25) is 18.8 Å². The number of esters is 2. The summed E-state index contributed by atoms with van der Waals surface area (Å²) in [4.78, 5) is 48.9. The van der Waals surface area contributed by atoms with Crippen molar-refractivity contribution in [3.05, 3.63) is 86.7 Å². The summed E-state index contributed by atoms with van der Waals surface area (Å²) in [6.07, 6.45) is 4.70. The summed E-state index contributed by atoms with van der Waals surface area (Å²) in [5, 5.41) is 3.60. The first-order valence-corrected chi connectivity index (χ1v) is 19.3. The zero-order valence-electron chi connectivity index (χ0n) is 28.7. The standard InChI is InChI=1S/C37H44Cl2N4O6S/c1-4-43-23-13-14-24(43)20-25(19-23)41-15-17-42(18-16-41)31(44)21-29-33(36(45)48-2)35(32-27(38)11-8-12-28(32)39)34(37(46)49-3)30(40-29)22-50(47)26-9-6-5-7-10-26/h5-12,23-25,35,40H,4,13-22H2,1-3H3/t23?,24?,25?,35-,50?/m0/s1. The van der Waals surface area contributed by atoms with Crippen LogP contribution in [0.2, 0.25) is 10.0 Å². The van der Waals surface area contributed by atoms with Crippen molar-refractivity contribution in [1.29, 1.82) is 0 Å². The molecule has 3 saturated heterocycles. The Morgan fingerprint density at radius 3 is 1.96 bits per heavy atom. The number of nitrogens with one attached hydrogen (secondary N) is 1. The fourth-order valence-corrected chi connectivity index (χ4v) is 10.0. The molecule has 268 valence electrons. The minimum Gasteiger partial charge on any atom is -0.466 e. The lowest BCUT2D eigenvalue weighted by molar-refractivity contribution is -0.137. The van der Waals surface area contributed by atoms with E-state index in [1.165, 1.54) is 39.9 Å². The number of carbonyl (C=O) groups excluding carboxylic acids is 3.